The third-order valence-electron chi connectivity index (χ3n) is 5.95. The summed E-state index contributed by atoms with van der Waals surface area (Å²) in [5, 5.41) is 0.183. The second-order valence-electron chi connectivity index (χ2n) is 8.23. The number of nitrogens with zero attached hydrogens (tertiary/aromatic N) is 3. The van der Waals surface area contributed by atoms with Gasteiger partial charge in [0.15, 0.2) is 9.84 Å². The van der Waals surface area contributed by atoms with Gasteiger partial charge >= 0.3 is 0 Å². The Morgan fingerprint density at radius 1 is 1.19 bits per heavy atom. The average molecular weight is 527 g/mol. The summed E-state index contributed by atoms with van der Waals surface area (Å²) in [5.74, 6) is 0.0418. The minimum Gasteiger partial charge on any atom is -0.338 e. The second kappa shape index (κ2) is 10.6. The number of rotatable bonds is 8. The number of benzene rings is 1. The molecule has 1 unspecified atom stereocenters. The Morgan fingerprint density at radius 2 is 1.88 bits per heavy atom. The molecule has 0 bridgehead atoms. The number of carbonyl (C=O) groups excluding carboxylic acids is 1. The molecule has 0 aromatic heterocycles. The lowest BCUT2D eigenvalue weighted by atomic mass is 10.2. The lowest BCUT2D eigenvalue weighted by Gasteiger charge is -2.36. The number of piperazine rings is 1. The summed E-state index contributed by atoms with van der Waals surface area (Å²) < 4.78 is 51.1. The van der Waals surface area contributed by atoms with E-state index in [1.807, 2.05) is 11.8 Å². The Kier molecular flexibility index (Phi) is 8.49. The average Bonchev–Trinajstić information content (AvgIpc) is 3.10. The zero-order valence-corrected chi connectivity index (χ0v) is 21.2. The highest BCUT2D eigenvalue weighted by atomic mass is 35.5. The van der Waals surface area contributed by atoms with Crippen LogP contribution in [0.15, 0.2) is 23.1 Å². The molecule has 8 nitrogen and oxygen atoms in total. The number of sulfone groups is 1. The number of carbonyl (C=O) groups is 1. The predicted octanol–water partition coefficient (Wildman–Crippen LogP) is 2.12. The van der Waals surface area contributed by atoms with Crippen LogP contribution in [0.4, 0.5) is 0 Å². The van der Waals surface area contributed by atoms with Gasteiger partial charge in [-0.2, -0.15) is 4.31 Å². The van der Waals surface area contributed by atoms with E-state index in [1.165, 1.54) is 16.4 Å². The molecule has 180 valence electrons. The van der Waals surface area contributed by atoms with Crippen LogP contribution in [0.2, 0.25) is 10.0 Å². The van der Waals surface area contributed by atoms with Crippen LogP contribution in [0.1, 0.15) is 26.2 Å². The lowest BCUT2D eigenvalue weighted by molar-refractivity contribution is -0.134. The quantitative estimate of drug-likeness (QED) is 0.515. The fourth-order valence-electron chi connectivity index (χ4n) is 4.09. The molecule has 2 fully saturated rings. The van der Waals surface area contributed by atoms with E-state index in [0.717, 1.165) is 12.8 Å². The van der Waals surface area contributed by atoms with Gasteiger partial charge in [0, 0.05) is 38.8 Å². The molecule has 2 saturated heterocycles. The molecule has 0 saturated carbocycles. The van der Waals surface area contributed by atoms with Crippen LogP contribution in [0.25, 0.3) is 0 Å². The number of hydrogen-bond donors (Lipinski definition) is 0. The first-order valence-corrected chi connectivity index (χ1v) is 14.7. The first kappa shape index (κ1) is 25.7. The molecule has 0 spiro atoms. The van der Waals surface area contributed by atoms with Crippen LogP contribution in [0, 0.1) is 0 Å². The minimum atomic E-state index is -3.79. The van der Waals surface area contributed by atoms with Crippen molar-refractivity contribution in [1.82, 2.24) is 14.1 Å². The largest absolute Gasteiger partial charge is 0.338 e. The molecule has 12 heteroatoms. The zero-order chi connectivity index (χ0) is 23.5. The summed E-state index contributed by atoms with van der Waals surface area (Å²) in [5.41, 5.74) is 0. The van der Waals surface area contributed by atoms with Crippen LogP contribution in [0.3, 0.4) is 0 Å². The number of halogens is 2. The maximum Gasteiger partial charge on any atom is 0.244 e. The van der Waals surface area contributed by atoms with Crippen molar-refractivity contribution in [3.05, 3.63) is 28.2 Å². The standard InChI is InChI=1S/C20H29Cl2N3O5S2/c1-2-3-8-25(16-7-13-31(27,28)15-16)19(26)14-23-9-11-24(12-10-23)32(29,30)18-6-4-5-17(21)20(18)22/h4-6,16H,2-3,7-15H2,1H3. The van der Waals surface area contributed by atoms with Crippen molar-refractivity contribution in [2.24, 2.45) is 0 Å². The van der Waals surface area contributed by atoms with Crippen LogP contribution < -0.4 is 0 Å². The van der Waals surface area contributed by atoms with Crippen LogP contribution in [-0.4, -0.2) is 93.7 Å². The first-order chi connectivity index (χ1) is 15.0. The van der Waals surface area contributed by atoms with E-state index >= 15 is 0 Å². The Balaban J connectivity index is 1.62. The monoisotopic (exact) mass is 525 g/mol. The molecule has 1 atom stereocenters. The third-order valence-corrected chi connectivity index (χ3v) is 10.6. The Hall–Kier alpha value is -0.910. The summed E-state index contributed by atoms with van der Waals surface area (Å²) in [6.45, 7) is 3.96. The van der Waals surface area contributed by atoms with Crippen molar-refractivity contribution < 1.29 is 21.6 Å². The van der Waals surface area contributed by atoms with Gasteiger partial charge in [-0.05, 0) is 25.0 Å². The lowest BCUT2D eigenvalue weighted by Crippen LogP contribution is -2.53. The highest BCUT2D eigenvalue weighted by Crippen LogP contribution is 2.31. The van der Waals surface area contributed by atoms with E-state index in [0.29, 0.717) is 26.1 Å². The highest BCUT2D eigenvalue weighted by Gasteiger charge is 2.36. The first-order valence-electron chi connectivity index (χ1n) is 10.7. The maximum absolute atomic E-state index is 13.0. The van der Waals surface area contributed by atoms with E-state index < -0.39 is 19.9 Å². The number of hydrogen-bond acceptors (Lipinski definition) is 6. The number of sulfonamides is 1. The summed E-state index contributed by atoms with van der Waals surface area (Å²) >= 11 is 12.1. The molecular formula is C20H29Cl2N3O5S2. The summed E-state index contributed by atoms with van der Waals surface area (Å²) in [4.78, 5) is 16.6. The molecule has 1 aromatic carbocycles. The van der Waals surface area contributed by atoms with E-state index in [1.54, 1.807) is 11.0 Å². The Labute approximate surface area is 200 Å². The van der Waals surface area contributed by atoms with Crippen LogP contribution in [-0.2, 0) is 24.7 Å². The van der Waals surface area contributed by atoms with E-state index in [-0.39, 0.29) is 58.0 Å². The van der Waals surface area contributed by atoms with Gasteiger partial charge in [0.05, 0.1) is 28.1 Å². The third kappa shape index (κ3) is 5.95. The second-order valence-corrected chi connectivity index (χ2v) is 13.1. The van der Waals surface area contributed by atoms with Gasteiger partial charge in [-0.25, -0.2) is 16.8 Å². The van der Waals surface area contributed by atoms with E-state index in [9.17, 15) is 21.6 Å². The van der Waals surface area contributed by atoms with Gasteiger partial charge in [0.1, 0.15) is 4.90 Å². The Bertz CT molecular complexity index is 1040. The number of unbranched alkanes of at least 4 members (excludes halogenated alkanes) is 1. The molecule has 0 radical (unpaired) electrons. The fraction of sp³-hybridized carbons (Fsp3) is 0.650. The molecular weight excluding hydrogens is 497 g/mol. The van der Waals surface area contributed by atoms with Crippen molar-refractivity contribution in [3.63, 3.8) is 0 Å². The molecule has 2 aliphatic heterocycles. The molecule has 32 heavy (non-hydrogen) atoms. The van der Waals surface area contributed by atoms with Gasteiger partial charge in [-0.1, -0.05) is 42.6 Å². The molecule has 1 amide bonds. The van der Waals surface area contributed by atoms with Gasteiger partial charge in [0.2, 0.25) is 15.9 Å². The Morgan fingerprint density at radius 3 is 2.47 bits per heavy atom. The van der Waals surface area contributed by atoms with E-state index in [2.05, 4.69) is 0 Å². The molecule has 3 rings (SSSR count). The van der Waals surface area contributed by atoms with Crippen molar-refractivity contribution >= 4 is 49.0 Å². The zero-order valence-electron chi connectivity index (χ0n) is 18.0. The summed E-state index contributed by atoms with van der Waals surface area (Å²) in [6, 6.07) is 4.24. The van der Waals surface area contributed by atoms with Crippen molar-refractivity contribution in [2.45, 2.75) is 37.1 Å². The van der Waals surface area contributed by atoms with Gasteiger partial charge < -0.3 is 4.90 Å². The minimum absolute atomic E-state index is 0.00450. The van der Waals surface area contributed by atoms with Gasteiger partial charge in [-0.3, -0.25) is 9.69 Å². The van der Waals surface area contributed by atoms with Gasteiger partial charge in [0.25, 0.3) is 0 Å². The smallest absolute Gasteiger partial charge is 0.244 e. The van der Waals surface area contributed by atoms with Crippen LogP contribution >= 0.6 is 23.2 Å². The fourth-order valence-corrected chi connectivity index (χ4v) is 7.98. The normalized spacial score (nSPS) is 22.2. The van der Waals surface area contributed by atoms with Crippen molar-refractivity contribution in [1.29, 1.82) is 0 Å². The van der Waals surface area contributed by atoms with Crippen LogP contribution in [0.5, 0.6) is 0 Å². The summed E-state index contributed by atoms with van der Waals surface area (Å²) in [7, 11) is -6.88. The summed E-state index contributed by atoms with van der Waals surface area (Å²) in [6.07, 6.45) is 2.20. The van der Waals surface area contributed by atoms with Gasteiger partial charge in [-0.15, -0.1) is 0 Å². The van der Waals surface area contributed by atoms with Crippen molar-refractivity contribution in [2.75, 3.05) is 50.8 Å². The molecule has 0 N–H and O–H groups in total. The molecule has 0 aliphatic carbocycles. The predicted molar refractivity (Wildman–Crippen MR) is 125 cm³/mol. The molecule has 2 heterocycles. The SMILES string of the molecule is CCCCN(C(=O)CN1CCN(S(=O)(=O)c2cccc(Cl)c2Cl)CC1)C1CCS(=O)(=O)C1. The maximum atomic E-state index is 13.0. The topological polar surface area (TPSA) is 95.1 Å². The van der Waals surface area contributed by atoms with E-state index in [4.69, 9.17) is 23.2 Å². The molecule has 2 aliphatic rings. The van der Waals surface area contributed by atoms with Crippen molar-refractivity contribution in [3.8, 4) is 0 Å². The number of amides is 1. The highest BCUT2D eigenvalue weighted by molar-refractivity contribution is 7.91. The molecule has 1 aromatic rings.